The Labute approximate surface area is 180 Å². The molecule has 2 heterocycles. The zero-order chi connectivity index (χ0) is 22.1. The molecule has 5 nitrogen and oxygen atoms in total. The maximum Gasteiger partial charge on any atom is 0.261 e. The molecule has 2 aliphatic carbocycles. The van der Waals surface area contributed by atoms with Crippen LogP contribution in [0.5, 0.6) is 0 Å². The van der Waals surface area contributed by atoms with E-state index in [1.54, 1.807) is 7.05 Å². The molecule has 2 saturated heterocycles. The zero-order valence-electron chi connectivity index (χ0n) is 19.4. The van der Waals surface area contributed by atoms with Crippen molar-refractivity contribution in [3.8, 4) is 0 Å². The molecule has 30 heavy (non-hydrogen) atoms. The van der Waals surface area contributed by atoms with Gasteiger partial charge in [0, 0.05) is 18.9 Å². The predicted molar refractivity (Wildman–Crippen MR) is 116 cm³/mol. The molecule has 3 fully saturated rings. The molecule has 0 aromatic carbocycles. The van der Waals surface area contributed by atoms with Crippen LogP contribution in [0.25, 0.3) is 0 Å². The SMILES string of the molecule is CC(C)[C@H]1C(=O)/C(=C(\O)[C@@H]2C([C@]3(C)O[C@H]3C)C=C[C@H]3C[C@@H](C)C[C@@H](C)[C@@H]23)C(=O)N1C. The molecule has 0 spiro atoms. The van der Waals surface area contributed by atoms with Gasteiger partial charge in [0.15, 0.2) is 5.78 Å². The molecule has 166 valence electrons. The predicted octanol–water partition coefficient (Wildman–Crippen LogP) is 4.14. The lowest BCUT2D eigenvalue weighted by atomic mass is 9.56. The highest BCUT2D eigenvalue weighted by Crippen LogP contribution is 2.57. The van der Waals surface area contributed by atoms with Crippen LogP contribution in [-0.4, -0.2) is 46.5 Å². The number of amides is 1. The second-order valence-corrected chi connectivity index (χ2v) is 10.9. The highest BCUT2D eigenvalue weighted by Gasteiger charge is 2.61. The smallest absolute Gasteiger partial charge is 0.261 e. The number of rotatable bonds is 3. The fourth-order valence-electron chi connectivity index (χ4n) is 6.86. The van der Waals surface area contributed by atoms with Gasteiger partial charge in [-0.1, -0.05) is 39.8 Å². The van der Waals surface area contributed by atoms with Crippen LogP contribution < -0.4 is 0 Å². The van der Waals surface area contributed by atoms with Crippen LogP contribution in [0.2, 0.25) is 0 Å². The monoisotopic (exact) mass is 415 g/mol. The van der Waals surface area contributed by atoms with E-state index in [0.717, 1.165) is 12.8 Å². The molecule has 0 aromatic heterocycles. The van der Waals surface area contributed by atoms with Crippen LogP contribution in [0.1, 0.15) is 54.4 Å². The summed E-state index contributed by atoms with van der Waals surface area (Å²) in [5.74, 6) is 0.745. The van der Waals surface area contributed by atoms with Gasteiger partial charge in [-0.25, -0.2) is 0 Å². The third-order valence-electron chi connectivity index (χ3n) is 8.48. The van der Waals surface area contributed by atoms with Crippen LogP contribution in [0, 0.1) is 41.4 Å². The van der Waals surface area contributed by atoms with Gasteiger partial charge in [-0.3, -0.25) is 9.59 Å². The van der Waals surface area contributed by atoms with E-state index in [2.05, 4.69) is 39.8 Å². The Hall–Kier alpha value is -1.62. The largest absolute Gasteiger partial charge is 0.511 e. The second kappa shape index (κ2) is 7.22. The number of likely N-dealkylation sites (tertiary alicyclic amines) is 1. The average Bonchev–Trinajstić information content (AvgIpc) is 3.19. The van der Waals surface area contributed by atoms with Crippen molar-refractivity contribution in [3.63, 3.8) is 0 Å². The molecular weight excluding hydrogens is 378 g/mol. The van der Waals surface area contributed by atoms with E-state index in [1.165, 1.54) is 4.90 Å². The summed E-state index contributed by atoms with van der Waals surface area (Å²) in [5, 5.41) is 11.6. The summed E-state index contributed by atoms with van der Waals surface area (Å²) in [6, 6.07) is -0.501. The van der Waals surface area contributed by atoms with Crippen LogP contribution in [0.3, 0.4) is 0 Å². The van der Waals surface area contributed by atoms with E-state index in [0.29, 0.717) is 17.8 Å². The number of epoxide rings is 1. The quantitative estimate of drug-likeness (QED) is 0.247. The molecule has 5 heteroatoms. The summed E-state index contributed by atoms with van der Waals surface area (Å²) in [4.78, 5) is 27.8. The number of carbonyl (C=O) groups excluding carboxylic acids is 2. The number of aliphatic hydroxyl groups is 1. The van der Waals surface area contributed by atoms with Crippen molar-refractivity contribution in [1.29, 1.82) is 0 Å². The Balaban J connectivity index is 1.82. The zero-order valence-corrected chi connectivity index (χ0v) is 19.4. The van der Waals surface area contributed by atoms with Gasteiger partial charge in [-0.05, 0) is 56.3 Å². The summed E-state index contributed by atoms with van der Waals surface area (Å²) < 4.78 is 5.99. The lowest BCUT2D eigenvalue weighted by Crippen LogP contribution is -2.45. The Morgan fingerprint density at radius 3 is 2.37 bits per heavy atom. The van der Waals surface area contributed by atoms with Crippen molar-refractivity contribution in [3.05, 3.63) is 23.5 Å². The fourth-order valence-corrected chi connectivity index (χ4v) is 6.86. The van der Waals surface area contributed by atoms with E-state index < -0.39 is 6.04 Å². The third-order valence-corrected chi connectivity index (χ3v) is 8.48. The molecule has 4 rings (SSSR count). The number of likely N-dealkylation sites (N-methyl/N-ethyl adjacent to an activating group) is 1. The highest BCUT2D eigenvalue weighted by molar-refractivity contribution is 6.26. The van der Waals surface area contributed by atoms with E-state index in [1.807, 2.05) is 13.8 Å². The lowest BCUT2D eigenvalue weighted by molar-refractivity contribution is -0.126. The van der Waals surface area contributed by atoms with E-state index in [-0.39, 0.29) is 58.4 Å². The minimum Gasteiger partial charge on any atom is -0.511 e. The molecular formula is C25H37NO4. The van der Waals surface area contributed by atoms with Crippen molar-refractivity contribution in [2.24, 2.45) is 41.4 Å². The Morgan fingerprint density at radius 2 is 1.83 bits per heavy atom. The first-order chi connectivity index (χ1) is 14.0. The van der Waals surface area contributed by atoms with Crippen LogP contribution in [0.4, 0.5) is 0 Å². The molecule has 4 aliphatic rings. The van der Waals surface area contributed by atoms with Gasteiger partial charge in [0.25, 0.3) is 5.91 Å². The molecule has 1 unspecified atom stereocenters. The Morgan fingerprint density at radius 1 is 1.20 bits per heavy atom. The number of Topliss-reactive ketones (excluding diaryl/α,β-unsaturated/α-hetero) is 1. The number of nitrogens with zero attached hydrogens (tertiary/aromatic N) is 1. The third kappa shape index (κ3) is 3.07. The summed E-state index contributed by atoms with van der Waals surface area (Å²) in [6.07, 6.45) is 6.80. The molecule has 0 radical (unpaired) electrons. The molecule has 0 aromatic rings. The number of hydrogen-bond acceptors (Lipinski definition) is 4. The lowest BCUT2D eigenvalue weighted by Gasteiger charge is -2.48. The molecule has 1 N–H and O–H groups in total. The average molecular weight is 416 g/mol. The first-order valence-electron chi connectivity index (χ1n) is 11.6. The first-order valence-corrected chi connectivity index (χ1v) is 11.6. The van der Waals surface area contributed by atoms with E-state index >= 15 is 0 Å². The number of ketones is 1. The summed E-state index contributed by atoms with van der Waals surface area (Å²) in [5.41, 5.74) is -0.347. The molecule has 0 bridgehead atoms. The standard InChI is InChI=1S/C25H37NO4/c1-12(2)21-23(28)20(24(29)26(21)7)22(27)19-17(25(6)15(5)30-25)9-8-16-11-13(3)10-14(4)18(16)19/h8-9,12-19,21,27H,10-11H2,1-7H3/b22-20+/t13-,14+,15-,16-,17?,18+,19+,21-,25+/m0/s1. The van der Waals surface area contributed by atoms with Crippen molar-refractivity contribution in [2.45, 2.75) is 72.1 Å². The minimum absolute atomic E-state index is 0.00491. The van der Waals surface area contributed by atoms with Gasteiger partial charge < -0.3 is 14.7 Å². The number of carbonyl (C=O) groups is 2. The maximum absolute atomic E-state index is 13.3. The van der Waals surface area contributed by atoms with Gasteiger partial charge in [0.05, 0.1) is 17.7 Å². The van der Waals surface area contributed by atoms with Crippen LogP contribution in [0.15, 0.2) is 23.5 Å². The topological polar surface area (TPSA) is 70.1 Å². The summed E-state index contributed by atoms with van der Waals surface area (Å²) >= 11 is 0. The molecule has 2 aliphatic heterocycles. The van der Waals surface area contributed by atoms with Gasteiger partial charge in [-0.2, -0.15) is 0 Å². The minimum atomic E-state index is -0.501. The van der Waals surface area contributed by atoms with Crippen molar-refractivity contribution < 1.29 is 19.4 Å². The Bertz CT molecular complexity index is 814. The first kappa shape index (κ1) is 21.6. The normalized spacial score (nSPS) is 47.7. The van der Waals surface area contributed by atoms with Gasteiger partial charge in [0.2, 0.25) is 0 Å². The summed E-state index contributed by atoms with van der Waals surface area (Å²) in [6.45, 7) is 12.6. The van der Waals surface area contributed by atoms with Crippen molar-refractivity contribution >= 4 is 11.7 Å². The number of ether oxygens (including phenoxy) is 1. The van der Waals surface area contributed by atoms with Crippen LogP contribution in [-0.2, 0) is 14.3 Å². The Kier molecular flexibility index (Phi) is 5.20. The second-order valence-electron chi connectivity index (χ2n) is 10.9. The van der Waals surface area contributed by atoms with Gasteiger partial charge >= 0.3 is 0 Å². The number of allylic oxidation sites excluding steroid dienone is 2. The number of fused-ring (bicyclic) bond motifs is 1. The number of aliphatic hydroxyl groups excluding tert-OH is 1. The van der Waals surface area contributed by atoms with Crippen LogP contribution >= 0.6 is 0 Å². The maximum atomic E-state index is 13.3. The molecule has 1 saturated carbocycles. The van der Waals surface area contributed by atoms with Crippen molar-refractivity contribution in [2.75, 3.05) is 7.05 Å². The van der Waals surface area contributed by atoms with Gasteiger partial charge in [-0.15, -0.1) is 0 Å². The molecule has 9 atom stereocenters. The number of hydrogen-bond donors (Lipinski definition) is 1. The fraction of sp³-hybridized carbons (Fsp3) is 0.760. The van der Waals surface area contributed by atoms with E-state index in [9.17, 15) is 14.7 Å². The van der Waals surface area contributed by atoms with E-state index in [4.69, 9.17) is 4.74 Å². The van der Waals surface area contributed by atoms with Crippen molar-refractivity contribution in [1.82, 2.24) is 4.90 Å². The highest BCUT2D eigenvalue weighted by atomic mass is 16.6. The van der Waals surface area contributed by atoms with Gasteiger partial charge in [0.1, 0.15) is 11.3 Å². The molecule has 1 amide bonds. The summed E-state index contributed by atoms with van der Waals surface area (Å²) in [7, 11) is 1.67.